The van der Waals surface area contributed by atoms with Gasteiger partial charge in [-0.2, -0.15) is 13.9 Å². The molecular weight excluding hydrogens is 530 g/mol. The third-order valence-corrected chi connectivity index (χ3v) is 6.28. The van der Waals surface area contributed by atoms with Gasteiger partial charge >= 0.3 is 0 Å². The van der Waals surface area contributed by atoms with E-state index < -0.39 is 52.3 Å². The van der Waals surface area contributed by atoms with Crippen molar-refractivity contribution in [1.82, 2.24) is 24.6 Å². The van der Waals surface area contributed by atoms with Crippen molar-refractivity contribution in [2.24, 2.45) is 5.92 Å². The third-order valence-electron chi connectivity index (χ3n) is 6.28. The molecule has 5 rings (SSSR count). The summed E-state index contributed by atoms with van der Waals surface area (Å²) in [7, 11) is 0. The van der Waals surface area contributed by atoms with E-state index >= 15 is 4.39 Å². The Morgan fingerprint density at radius 2 is 1.79 bits per heavy atom. The summed E-state index contributed by atoms with van der Waals surface area (Å²) in [5, 5.41) is 4.67. The third kappa shape index (κ3) is 4.73. The van der Waals surface area contributed by atoms with Crippen molar-refractivity contribution in [3.63, 3.8) is 0 Å². The highest BCUT2D eigenvalue weighted by molar-refractivity contribution is 5.98. The molecule has 1 aliphatic rings. The molecule has 202 valence electrons. The second kappa shape index (κ2) is 9.93. The average Bonchev–Trinajstić information content (AvgIpc) is 3.51. The van der Waals surface area contributed by atoms with Crippen LogP contribution in [0, 0.1) is 35.0 Å². The summed E-state index contributed by atoms with van der Waals surface area (Å²) < 4.78 is 89.9. The highest BCUT2D eigenvalue weighted by Gasteiger charge is 2.30. The van der Waals surface area contributed by atoms with Gasteiger partial charge in [-0.3, -0.25) is 4.79 Å². The Morgan fingerprint density at radius 3 is 2.46 bits per heavy atom. The predicted octanol–water partition coefficient (Wildman–Crippen LogP) is 4.90. The molecule has 1 fully saturated rings. The lowest BCUT2D eigenvalue weighted by Gasteiger charge is -2.15. The molecule has 2 aromatic heterocycles. The van der Waals surface area contributed by atoms with E-state index in [4.69, 9.17) is 10.5 Å². The Morgan fingerprint density at radius 1 is 1.08 bits per heavy atom. The first kappa shape index (κ1) is 26.0. The number of likely N-dealkylation sites (tertiary alicyclic amines) is 1. The molecule has 4 aromatic rings. The number of fused-ring (bicyclic) bond motifs is 1. The van der Waals surface area contributed by atoms with Gasteiger partial charge in [0.2, 0.25) is 17.4 Å². The quantitative estimate of drug-likeness (QED) is 0.209. The molecule has 8 nitrogen and oxygen atoms in total. The van der Waals surface area contributed by atoms with Crippen LogP contribution in [0.2, 0.25) is 0 Å². The Labute approximate surface area is 216 Å². The summed E-state index contributed by atoms with van der Waals surface area (Å²) >= 11 is 0. The van der Waals surface area contributed by atoms with Crippen LogP contribution in [-0.2, 0) is 11.3 Å². The molecule has 2 N–H and O–H groups in total. The Balaban J connectivity index is 1.47. The number of nitrogen functional groups attached to an aromatic ring is 1. The number of carbonyl (C=O) groups excluding carboxylic acids is 1. The van der Waals surface area contributed by atoms with Gasteiger partial charge in [0.15, 0.2) is 23.1 Å². The number of hydrogen-bond donors (Lipinski definition) is 1. The van der Waals surface area contributed by atoms with Crippen LogP contribution in [-0.4, -0.2) is 43.6 Å². The fourth-order valence-corrected chi connectivity index (χ4v) is 4.44. The molecule has 39 heavy (non-hydrogen) atoms. The van der Waals surface area contributed by atoms with Gasteiger partial charge < -0.3 is 15.4 Å². The number of ether oxygens (including phenoxy) is 1. The summed E-state index contributed by atoms with van der Waals surface area (Å²) in [6, 6.07) is 3.08. The van der Waals surface area contributed by atoms with E-state index in [2.05, 4.69) is 21.6 Å². The lowest BCUT2D eigenvalue weighted by atomic mass is 10.1. The number of benzene rings is 2. The Hall–Kier alpha value is -4.62. The minimum absolute atomic E-state index is 0.00249. The van der Waals surface area contributed by atoms with Gasteiger partial charge in [0.05, 0.1) is 5.39 Å². The summed E-state index contributed by atoms with van der Waals surface area (Å²) in [6.45, 7) is 3.83. The number of nitrogens with two attached hydrogens (primary N) is 1. The molecule has 0 saturated carbocycles. The highest BCUT2D eigenvalue weighted by Crippen LogP contribution is 2.36. The SMILES string of the molecule is C=C(F)C(=O)N1CC[C@@H](Cn2nc(-c3ccc(Oc4c(F)c(F)cc(F)c4F)cc3F)c3c(N)ncnc32)C1. The number of amides is 1. The van der Waals surface area contributed by atoms with E-state index in [9.17, 15) is 26.7 Å². The number of anilines is 1. The van der Waals surface area contributed by atoms with Crippen LogP contribution in [0.15, 0.2) is 43.0 Å². The van der Waals surface area contributed by atoms with Crippen molar-refractivity contribution < 1.29 is 35.9 Å². The maximum atomic E-state index is 15.3. The fourth-order valence-electron chi connectivity index (χ4n) is 4.44. The molecule has 0 spiro atoms. The van der Waals surface area contributed by atoms with Crippen LogP contribution in [0.5, 0.6) is 11.5 Å². The molecule has 14 heteroatoms. The van der Waals surface area contributed by atoms with E-state index in [0.717, 1.165) is 12.1 Å². The molecular formula is C25H18F6N6O2. The topological polar surface area (TPSA) is 99.2 Å². The number of carbonyl (C=O) groups is 1. The maximum Gasteiger partial charge on any atom is 0.281 e. The van der Waals surface area contributed by atoms with Crippen molar-refractivity contribution in [3.05, 3.63) is 72.1 Å². The molecule has 1 amide bonds. The van der Waals surface area contributed by atoms with E-state index in [1.165, 1.54) is 22.0 Å². The molecule has 3 heterocycles. The minimum Gasteiger partial charge on any atom is -0.451 e. The zero-order valence-corrected chi connectivity index (χ0v) is 19.9. The average molecular weight is 548 g/mol. The molecule has 2 aromatic carbocycles. The zero-order chi connectivity index (χ0) is 28.0. The number of halogens is 6. The van der Waals surface area contributed by atoms with Crippen molar-refractivity contribution in [2.45, 2.75) is 13.0 Å². The van der Waals surface area contributed by atoms with Gasteiger partial charge in [-0.15, -0.1) is 0 Å². The van der Waals surface area contributed by atoms with Gasteiger partial charge in [-0.1, -0.05) is 6.58 Å². The number of rotatable bonds is 6. The van der Waals surface area contributed by atoms with E-state index in [-0.39, 0.29) is 53.2 Å². The summed E-state index contributed by atoms with van der Waals surface area (Å²) in [4.78, 5) is 21.4. The molecule has 0 unspecified atom stereocenters. The number of hydrogen-bond acceptors (Lipinski definition) is 6. The summed E-state index contributed by atoms with van der Waals surface area (Å²) in [6.07, 6.45) is 1.75. The van der Waals surface area contributed by atoms with Gasteiger partial charge in [0, 0.05) is 37.3 Å². The fraction of sp³-hybridized carbons (Fsp3) is 0.200. The second-order valence-corrected chi connectivity index (χ2v) is 8.84. The normalized spacial score (nSPS) is 15.2. The first-order chi connectivity index (χ1) is 18.5. The van der Waals surface area contributed by atoms with Crippen LogP contribution in [0.25, 0.3) is 22.3 Å². The van der Waals surface area contributed by atoms with Crippen LogP contribution >= 0.6 is 0 Å². The molecule has 0 aliphatic carbocycles. The van der Waals surface area contributed by atoms with Gasteiger partial charge in [0.1, 0.15) is 29.4 Å². The maximum absolute atomic E-state index is 15.3. The highest BCUT2D eigenvalue weighted by atomic mass is 19.2. The lowest BCUT2D eigenvalue weighted by Crippen LogP contribution is -2.29. The smallest absolute Gasteiger partial charge is 0.281 e. The van der Waals surface area contributed by atoms with Crippen LogP contribution < -0.4 is 10.5 Å². The summed E-state index contributed by atoms with van der Waals surface area (Å²) in [5.41, 5.74) is 6.26. The number of nitrogens with zero attached hydrogens (tertiary/aromatic N) is 5. The Bertz CT molecular complexity index is 1620. The van der Waals surface area contributed by atoms with Crippen LogP contribution in [0.1, 0.15) is 6.42 Å². The van der Waals surface area contributed by atoms with Crippen molar-refractivity contribution >= 4 is 22.8 Å². The van der Waals surface area contributed by atoms with E-state index in [1.807, 2.05) is 0 Å². The first-order valence-corrected chi connectivity index (χ1v) is 11.5. The van der Waals surface area contributed by atoms with Gasteiger partial charge in [0.25, 0.3) is 5.91 Å². The van der Waals surface area contributed by atoms with Crippen molar-refractivity contribution in [3.8, 4) is 22.8 Å². The van der Waals surface area contributed by atoms with Crippen LogP contribution in [0.3, 0.4) is 0 Å². The van der Waals surface area contributed by atoms with Crippen molar-refractivity contribution in [1.29, 1.82) is 0 Å². The zero-order valence-electron chi connectivity index (χ0n) is 19.9. The first-order valence-electron chi connectivity index (χ1n) is 11.5. The minimum atomic E-state index is -1.78. The molecule has 0 bridgehead atoms. The molecule has 1 aliphatic heterocycles. The molecule has 1 saturated heterocycles. The number of aromatic nitrogens is 4. The van der Waals surface area contributed by atoms with Gasteiger partial charge in [-0.05, 0) is 24.5 Å². The molecule has 1 atom stereocenters. The summed E-state index contributed by atoms with van der Waals surface area (Å²) in [5.74, 6) is -11.7. The van der Waals surface area contributed by atoms with Crippen LogP contribution in [0.4, 0.5) is 32.2 Å². The largest absolute Gasteiger partial charge is 0.451 e. The lowest BCUT2D eigenvalue weighted by molar-refractivity contribution is -0.127. The van der Waals surface area contributed by atoms with E-state index in [0.29, 0.717) is 13.0 Å². The standard InChI is InChI=1S/C25H18F6N6O2/c1-11(26)25(38)36-5-4-12(8-36)9-37-24-18(23(32)33-10-34-24)21(35-37)14-3-2-13(6-15(14)27)39-22-19(30)16(28)7-17(29)20(22)31/h2-3,6-7,10,12H,1,4-5,8-9H2,(H2,32,33,34)/t12-/m1/s1. The van der Waals surface area contributed by atoms with E-state index in [1.54, 1.807) is 0 Å². The van der Waals surface area contributed by atoms with Gasteiger partial charge in [-0.25, -0.2) is 32.2 Å². The monoisotopic (exact) mass is 548 g/mol. The van der Waals surface area contributed by atoms with Crippen molar-refractivity contribution in [2.75, 3.05) is 18.8 Å². The second-order valence-electron chi connectivity index (χ2n) is 8.84. The molecule has 0 radical (unpaired) electrons. The predicted molar refractivity (Wildman–Crippen MR) is 126 cm³/mol. The Kier molecular flexibility index (Phi) is 6.62.